The molecule has 514 valence electrons. The molecule has 0 radical (unpaired) electrons. The molecule has 13 atom stereocenters. The molecule has 0 aliphatic carbocycles. The molecule has 93 heavy (non-hydrogen) atoms. The van der Waals surface area contributed by atoms with E-state index in [4.69, 9.17) is 9.47 Å². The van der Waals surface area contributed by atoms with Crippen LogP contribution in [0.2, 0.25) is 0 Å². The lowest BCUT2D eigenvalue weighted by Gasteiger charge is -2.41. The molecule has 4 unspecified atom stereocenters. The van der Waals surface area contributed by atoms with Gasteiger partial charge in [0, 0.05) is 66.5 Å². The summed E-state index contributed by atoms with van der Waals surface area (Å²) in [6.07, 6.45) is 6.73. The monoisotopic (exact) mass is 1520 g/mol. The first-order valence-corrected chi connectivity index (χ1v) is 35.6. The second kappa shape index (κ2) is 33.1. The number of ether oxygens (including phenoxy) is 2. The minimum absolute atomic E-state index is 0.0118. The molecular weight excluding hydrogens is 1410 g/mol. The Balaban J connectivity index is 1.19. The van der Waals surface area contributed by atoms with Crippen molar-refractivity contribution >= 4 is 121 Å². The number of likely N-dealkylation sites (tertiary alicyclic amines) is 1. The Morgan fingerprint density at radius 2 is 1.41 bits per heavy atom. The summed E-state index contributed by atoms with van der Waals surface area (Å²) in [4.78, 5) is 150. The van der Waals surface area contributed by atoms with E-state index in [1.54, 1.807) is 46.6 Å². The maximum Gasteiger partial charge on any atom is 0.326 e. The number of aliphatic carboxylic acids is 1. The molecule has 2 aromatic rings. The van der Waals surface area contributed by atoms with Crippen molar-refractivity contribution in [3.63, 3.8) is 0 Å². The predicted molar refractivity (Wildman–Crippen MR) is 377 cm³/mol. The molecule has 0 spiro atoms. The number of carbonyl (C=O) groups excluding carboxylic acids is 9. The second-order valence-corrected chi connectivity index (χ2v) is 32.1. The normalized spacial score (nSPS) is 23.7. The maximum atomic E-state index is 15.1. The van der Waals surface area contributed by atoms with E-state index < -0.39 is 132 Å². The summed E-state index contributed by atoms with van der Waals surface area (Å²) in [6, 6.07) is 7.24. The van der Waals surface area contributed by atoms with Crippen molar-refractivity contribution in [2.75, 3.05) is 44.7 Å². The van der Waals surface area contributed by atoms with Gasteiger partial charge >= 0.3 is 5.97 Å². The van der Waals surface area contributed by atoms with Gasteiger partial charge in [-0.15, -0.1) is 0 Å². The minimum Gasteiger partial charge on any atom is -0.480 e. The topological polar surface area (TPSA) is 250 Å². The molecule has 0 saturated carbocycles. The number of anilines is 2. The van der Waals surface area contributed by atoms with Crippen molar-refractivity contribution in [2.45, 2.75) is 229 Å². The van der Waals surface area contributed by atoms with Crippen LogP contribution in [0.15, 0.2) is 48.0 Å². The Labute approximate surface area is 578 Å². The number of alkyl halides is 2. The maximum absolute atomic E-state index is 15.1. The summed E-state index contributed by atoms with van der Waals surface area (Å²) < 4.78 is 10.9. The highest BCUT2D eigenvalue weighted by Crippen LogP contribution is 2.52. The first-order chi connectivity index (χ1) is 43.7. The second-order valence-electron chi connectivity index (χ2n) is 27.5. The van der Waals surface area contributed by atoms with Crippen LogP contribution < -0.4 is 20.4 Å². The first kappa shape index (κ1) is 76.7. The number of hydrogen-bond acceptors (Lipinski definition) is 12. The van der Waals surface area contributed by atoms with Gasteiger partial charge in [0.25, 0.3) is 5.91 Å². The highest BCUT2D eigenvalue weighted by atomic mass is 127. The summed E-state index contributed by atoms with van der Waals surface area (Å²) in [6.45, 7) is 23.4. The molecule has 0 aromatic heterocycles. The van der Waals surface area contributed by atoms with Crippen LogP contribution in [0.3, 0.4) is 0 Å². The van der Waals surface area contributed by atoms with Gasteiger partial charge in [0.2, 0.25) is 47.3 Å². The zero-order valence-electron chi connectivity index (χ0n) is 57.7. The minimum atomic E-state index is -1.23. The average Bonchev–Trinajstić information content (AvgIpc) is 1.61. The van der Waals surface area contributed by atoms with Gasteiger partial charge in [0.15, 0.2) is 0 Å². The van der Waals surface area contributed by atoms with Crippen molar-refractivity contribution < 1.29 is 62.5 Å². The summed E-state index contributed by atoms with van der Waals surface area (Å²) in [5, 5.41) is 16.2. The van der Waals surface area contributed by atoms with Crippen molar-refractivity contribution in [3.8, 4) is 0 Å². The molecule has 4 bridgehead atoms. The zero-order valence-corrected chi connectivity index (χ0v) is 62.0. The van der Waals surface area contributed by atoms with E-state index in [0.29, 0.717) is 45.1 Å². The Morgan fingerprint density at radius 1 is 0.763 bits per heavy atom. The number of imide groups is 2. The third kappa shape index (κ3) is 17.3. The number of benzene rings is 2. The average molecular weight is 1520 g/mol. The number of hydrogen-bond donors (Lipinski definition) is 3. The van der Waals surface area contributed by atoms with E-state index in [9.17, 15) is 48.3 Å². The number of likely N-dealkylation sites (N-methyl/N-ethyl adjacent to an activating group) is 2. The number of fused-ring (bicyclic) bond motifs is 7. The molecule has 22 heteroatoms. The summed E-state index contributed by atoms with van der Waals surface area (Å²) in [5.74, 6) is -9.07. The Kier molecular flexibility index (Phi) is 27.3. The fourth-order valence-corrected chi connectivity index (χ4v) is 16.5. The number of unbranched alkanes of at least 4 members (excludes halogenated alkanes) is 2. The standard InChI is InChI=1S/C71H103I2N7O13/c1-17-20-21-24-43(9)44(10)47-26-22-25-46(34-47)35-51(69(90)91)74-63(84)45(11)62(93-16)53-27-23-33-78(53)56(81)39-55(92-15)61(42(8)19-3)77(14)68(89)59(40(4)5)75-64(85)60(41(6)7)76(13)65(86)48-28-29-52-54(36-48)80-57(82)37-49(66(80)87)70(12,72)31-32-71(73,30-18-2)50-38-58(83)79(52)67(50)88/h22,25-26,28-29,34,36,40-42,45,49-51,53,55,59-62H,17-21,23-24,27,30-33,35,37-39H2,1-16H3,(H,74,84)(H,75,85)(H,90,91)/b44-43-/t42-,45+,49?,50?,51-,53-,55+,59-,60-,61-,62+,70?,71?/m0/s1. The van der Waals surface area contributed by atoms with Gasteiger partial charge in [-0.1, -0.05) is 163 Å². The van der Waals surface area contributed by atoms with Gasteiger partial charge in [-0.25, -0.2) is 14.6 Å². The summed E-state index contributed by atoms with van der Waals surface area (Å²) >= 11 is 4.59. The van der Waals surface area contributed by atoms with Gasteiger partial charge in [-0.2, -0.15) is 0 Å². The molecule has 3 saturated heterocycles. The van der Waals surface area contributed by atoms with Gasteiger partial charge in [0.1, 0.15) is 18.1 Å². The predicted octanol–water partition coefficient (Wildman–Crippen LogP) is 10.8. The molecule has 20 nitrogen and oxygen atoms in total. The molecule has 4 aliphatic heterocycles. The number of nitrogens with zero attached hydrogens (tertiary/aromatic N) is 5. The molecule has 3 N–H and O–H groups in total. The highest BCUT2D eigenvalue weighted by molar-refractivity contribution is 14.1. The molecule has 9 amide bonds. The van der Waals surface area contributed by atoms with Gasteiger partial charge in [-0.3, -0.25) is 43.2 Å². The van der Waals surface area contributed by atoms with Crippen LogP contribution in [-0.4, -0.2) is 163 Å². The van der Waals surface area contributed by atoms with E-state index in [1.807, 2.05) is 52.0 Å². The molecular formula is C71H103I2N7O13. The Hall–Kier alpha value is -5.34. The lowest BCUT2D eigenvalue weighted by atomic mass is 9.79. The van der Waals surface area contributed by atoms with E-state index in [1.165, 1.54) is 54.8 Å². The van der Waals surface area contributed by atoms with Crippen LogP contribution >= 0.6 is 45.2 Å². The highest BCUT2D eigenvalue weighted by Gasteiger charge is 2.56. The number of amides is 9. The van der Waals surface area contributed by atoms with Crippen molar-refractivity contribution in [1.29, 1.82) is 0 Å². The van der Waals surface area contributed by atoms with Crippen LogP contribution in [0.5, 0.6) is 0 Å². The third-order valence-corrected chi connectivity index (χ3v) is 23.5. The number of allylic oxidation sites excluding steroid dienone is 2. The number of rotatable bonds is 29. The van der Waals surface area contributed by atoms with Crippen LogP contribution in [-0.2, 0) is 59.0 Å². The molecule has 4 heterocycles. The van der Waals surface area contributed by atoms with E-state index >= 15 is 4.79 Å². The molecule has 6 rings (SSSR count). The summed E-state index contributed by atoms with van der Waals surface area (Å²) in [7, 11) is 6.05. The third-order valence-electron chi connectivity index (χ3n) is 20.4. The number of nitrogens with one attached hydrogen (secondary N) is 2. The fraction of sp³-hybridized carbons (Fsp3) is 0.662. The van der Waals surface area contributed by atoms with Crippen LogP contribution in [0.25, 0.3) is 5.57 Å². The smallest absolute Gasteiger partial charge is 0.326 e. The Morgan fingerprint density at radius 3 is 2.00 bits per heavy atom. The van der Waals surface area contributed by atoms with Crippen molar-refractivity contribution in [3.05, 3.63) is 64.7 Å². The van der Waals surface area contributed by atoms with Crippen molar-refractivity contribution in [2.24, 2.45) is 35.5 Å². The number of carboxylic acids is 1. The lowest BCUT2D eigenvalue weighted by molar-refractivity contribution is -0.148. The van der Waals surface area contributed by atoms with Gasteiger partial charge in [-0.05, 0) is 118 Å². The van der Waals surface area contributed by atoms with Crippen LogP contribution in [0, 0.1) is 35.5 Å². The largest absolute Gasteiger partial charge is 0.480 e. The number of halogens is 2. The fourth-order valence-electron chi connectivity index (χ4n) is 14.5. The SMILES string of the molecule is CCCCC/C(C)=C(/C)c1cccc(C[C@H](NC(=O)[C@H](C)[C@@H](OC)[C@@H]2CCCN2C(=O)C[C@@H](OC)[C@H]([C@@H](C)CC)N(C)C(=O)[C@@H](NC(=O)[C@H](C(C)C)N(C)C(=O)c2ccc3c(c2)N2C(=O)CC(C2=O)C(C)(I)CCC(I)(CCC)C2CC(=O)N3C2=O)C(C)C)C(=O)O)c1. The molecule has 4 aliphatic rings. The first-order valence-electron chi connectivity index (χ1n) is 33.5. The summed E-state index contributed by atoms with van der Waals surface area (Å²) in [5.41, 5.74) is 4.15. The Bertz CT molecular complexity index is 3130. The van der Waals surface area contributed by atoms with Crippen LogP contribution in [0.4, 0.5) is 11.4 Å². The van der Waals surface area contributed by atoms with E-state index in [0.717, 1.165) is 58.6 Å². The molecule has 2 aromatic carbocycles. The molecule has 3 fully saturated rings. The number of carboxylic acid groups (broad SMARTS) is 1. The quantitative estimate of drug-likeness (QED) is 0.0297. The van der Waals surface area contributed by atoms with E-state index in [-0.39, 0.29) is 54.4 Å². The van der Waals surface area contributed by atoms with Gasteiger partial charge in [0.05, 0.1) is 59.8 Å². The van der Waals surface area contributed by atoms with E-state index in [2.05, 4.69) is 76.6 Å². The van der Waals surface area contributed by atoms with Gasteiger partial charge < -0.3 is 39.9 Å². The van der Waals surface area contributed by atoms with Crippen LogP contribution in [0.1, 0.15) is 194 Å². The zero-order chi connectivity index (χ0) is 69.3. The number of methoxy groups -OCH3 is 2. The number of carbonyl (C=O) groups is 10. The van der Waals surface area contributed by atoms with Crippen molar-refractivity contribution in [1.82, 2.24) is 25.3 Å². The lowest BCUT2D eigenvalue weighted by Crippen LogP contribution is -2.60.